The summed E-state index contributed by atoms with van der Waals surface area (Å²) in [7, 11) is 0. The second-order valence-electron chi connectivity index (χ2n) is 4.96. The molecule has 7 heteroatoms. The molecule has 2 fully saturated rings. The maximum Gasteiger partial charge on any atom is 0.254 e. The highest BCUT2D eigenvalue weighted by molar-refractivity contribution is 6.29. The van der Waals surface area contributed by atoms with Gasteiger partial charge in [-0.1, -0.05) is 11.6 Å². The molecule has 1 N–H and O–H groups in total. The van der Waals surface area contributed by atoms with E-state index >= 15 is 0 Å². The molecule has 2 saturated heterocycles. The molecule has 0 saturated carbocycles. The highest BCUT2D eigenvalue weighted by atomic mass is 35.5. The van der Waals surface area contributed by atoms with Crippen LogP contribution in [-0.4, -0.2) is 65.4 Å². The average molecular weight is 295 g/mol. The summed E-state index contributed by atoms with van der Waals surface area (Å²) in [5.74, 6) is -0.103. The van der Waals surface area contributed by atoms with Crippen LogP contribution < -0.4 is 5.32 Å². The minimum Gasteiger partial charge on any atom is -0.353 e. The topological polar surface area (TPSA) is 65.5 Å². The lowest BCUT2D eigenvalue weighted by Gasteiger charge is -2.43. The summed E-state index contributed by atoms with van der Waals surface area (Å²) in [6, 6.07) is 2.96. The second kappa shape index (κ2) is 5.38. The predicted molar refractivity (Wildman–Crippen MR) is 73.5 cm³/mol. The molecule has 2 aliphatic rings. The smallest absolute Gasteiger partial charge is 0.254 e. The summed E-state index contributed by atoms with van der Waals surface area (Å²) >= 11 is 5.81. The molecule has 3 heterocycles. The minimum atomic E-state index is -0.237. The van der Waals surface area contributed by atoms with E-state index in [9.17, 15) is 9.59 Å². The molecular formula is C13H15ClN4O2. The number of carbonyl (C=O) groups excluding carboxylic acids is 2. The first-order valence-electron chi connectivity index (χ1n) is 6.58. The Morgan fingerprint density at radius 1 is 1.40 bits per heavy atom. The molecule has 0 spiro atoms. The van der Waals surface area contributed by atoms with Gasteiger partial charge in [0.05, 0.1) is 0 Å². The van der Waals surface area contributed by atoms with E-state index in [4.69, 9.17) is 11.6 Å². The molecule has 2 aliphatic heterocycles. The summed E-state index contributed by atoms with van der Waals surface area (Å²) in [5.41, 5.74) is 0.509. The van der Waals surface area contributed by atoms with Crippen molar-refractivity contribution in [1.82, 2.24) is 20.1 Å². The Bertz CT molecular complexity index is 551. The molecule has 3 rings (SSSR count). The number of rotatable bonds is 1. The van der Waals surface area contributed by atoms with Gasteiger partial charge in [0, 0.05) is 44.5 Å². The Kier molecular flexibility index (Phi) is 3.58. The van der Waals surface area contributed by atoms with Crippen molar-refractivity contribution in [2.24, 2.45) is 0 Å². The molecule has 6 nitrogen and oxygen atoms in total. The van der Waals surface area contributed by atoms with Gasteiger partial charge >= 0.3 is 0 Å². The number of hydrogen-bond donors (Lipinski definition) is 1. The zero-order chi connectivity index (χ0) is 14.1. The Morgan fingerprint density at radius 2 is 2.25 bits per heavy atom. The van der Waals surface area contributed by atoms with Crippen molar-refractivity contribution in [3.05, 3.63) is 29.0 Å². The quantitative estimate of drug-likeness (QED) is 0.740. The normalized spacial score (nSPS) is 23.1. The van der Waals surface area contributed by atoms with Crippen molar-refractivity contribution < 1.29 is 9.59 Å². The van der Waals surface area contributed by atoms with Crippen LogP contribution >= 0.6 is 11.6 Å². The van der Waals surface area contributed by atoms with E-state index in [1.54, 1.807) is 17.0 Å². The van der Waals surface area contributed by atoms with Gasteiger partial charge in [0.1, 0.15) is 11.2 Å². The van der Waals surface area contributed by atoms with Crippen LogP contribution in [0, 0.1) is 0 Å². The van der Waals surface area contributed by atoms with Gasteiger partial charge in [0.15, 0.2) is 0 Å². The number of amides is 2. The van der Waals surface area contributed by atoms with Crippen molar-refractivity contribution in [2.75, 3.05) is 32.7 Å². The Labute approximate surface area is 121 Å². The molecule has 1 aromatic rings. The minimum absolute atomic E-state index is 0.00140. The van der Waals surface area contributed by atoms with Gasteiger partial charge in [-0.15, -0.1) is 0 Å². The second-order valence-corrected chi connectivity index (χ2v) is 5.35. The first-order valence-corrected chi connectivity index (χ1v) is 6.95. The van der Waals surface area contributed by atoms with Gasteiger partial charge in [0.2, 0.25) is 5.91 Å². The van der Waals surface area contributed by atoms with Gasteiger partial charge in [-0.05, 0) is 12.1 Å². The van der Waals surface area contributed by atoms with E-state index in [1.165, 1.54) is 6.20 Å². The fourth-order valence-electron chi connectivity index (χ4n) is 2.68. The van der Waals surface area contributed by atoms with Crippen LogP contribution in [0.15, 0.2) is 18.3 Å². The fraction of sp³-hybridized carbons (Fsp3) is 0.462. The number of halogens is 1. The summed E-state index contributed by atoms with van der Waals surface area (Å²) in [6.07, 6.45) is 1.51. The molecule has 20 heavy (non-hydrogen) atoms. The highest BCUT2D eigenvalue weighted by Gasteiger charge is 2.36. The van der Waals surface area contributed by atoms with E-state index in [2.05, 4.69) is 15.2 Å². The van der Waals surface area contributed by atoms with Gasteiger partial charge in [-0.3, -0.25) is 14.5 Å². The number of carbonyl (C=O) groups is 2. The number of fused-ring (bicyclic) bond motifs is 1. The maximum absolute atomic E-state index is 12.4. The number of piperazine rings is 2. The Balaban J connectivity index is 1.75. The zero-order valence-electron chi connectivity index (χ0n) is 10.9. The van der Waals surface area contributed by atoms with Crippen molar-refractivity contribution in [2.45, 2.75) is 6.04 Å². The van der Waals surface area contributed by atoms with Gasteiger partial charge < -0.3 is 10.2 Å². The van der Waals surface area contributed by atoms with Crippen LogP contribution in [0.4, 0.5) is 0 Å². The average Bonchev–Trinajstić information content (AvgIpc) is 2.47. The molecule has 1 atom stereocenters. The number of pyridine rings is 1. The molecule has 0 radical (unpaired) electrons. The van der Waals surface area contributed by atoms with E-state index < -0.39 is 0 Å². The largest absolute Gasteiger partial charge is 0.353 e. The molecular weight excluding hydrogens is 280 g/mol. The van der Waals surface area contributed by atoms with Crippen molar-refractivity contribution in [1.29, 1.82) is 0 Å². The van der Waals surface area contributed by atoms with Gasteiger partial charge in [-0.25, -0.2) is 4.98 Å². The Hall–Kier alpha value is -1.66. The molecule has 2 amide bonds. The molecule has 1 aromatic heterocycles. The third-order valence-corrected chi connectivity index (χ3v) is 3.96. The SMILES string of the molecule is O=C1NCCN2CCN(C(=O)c3ccnc(Cl)c3)C[C@@H]12. The number of nitrogens with zero attached hydrogens (tertiary/aromatic N) is 3. The number of nitrogens with one attached hydrogen (secondary N) is 1. The molecule has 0 unspecified atom stereocenters. The van der Waals surface area contributed by atoms with Gasteiger partial charge in [-0.2, -0.15) is 0 Å². The third kappa shape index (κ3) is 2.48. The monoisotopic (exact) mass is 294 g/mol. The van der Waals surface area contributed by atoms with Crippen molar-refractivity contribution in [3.8, 4) is 0 Å². The van der Waals surface area contributed by atoms with Crippen LogP contribution in [-0.2, 0) is 4.79 Å². The highest BCUT2D eigenvalue weighted by Crippen LogP contribution is 2.16. The van der Waals surface area contributed by atoms with Crippen molar-refractivity contribution in [3.63, 3.8) is 0 Å². The van der Waals surface area contributed by atoms with Crippen LogP contribution in [0.25, 0.3) is 0 Å². The fourth-order valence-corrected chi connectivity index (χ4v) is 2.85. The lowest BCUT2D eigenvalue weighted by atomic mass is 10.1. The van der Waals surface area contributed by atoms with E-state index in [-0.39, 0.29) is 17.9 Å². The summed E-state index contributed by atoms with van der Waals surface area (Å²) in [5, 5.41) is 3.14. The third-order valence-electron chi connectivity index (χ3n) is 3.75. The van der Waals surface area contributed by atoms with E-state index in [0.29, 0.717) is 30.4 Å². The number of hydrogen-bond acceptors (Lipinski definition) is 4. The number of aromatic nitrogens is 1. The molecule has 106 valence electrons. The zero-order valence-corrected chi connectivity index (χ0v) is 11.6. The lowest BCUT2D eigenvalue weighted by molar-refractivity contribution is -0.131. The lowest BCUT2D eigenvalue weighted by Crippen LogP contribution is -2.64. The van der Waals surface area contributed by atoms with E-state index in [0.717, 1.165) is 13.1 Å². The van der Waals surface area contributed by atoms with Crippen LogP contribution in [0.3, 0.4) is 0 Å². The predicted octanol–water partition coefficient (Wildman–Crippen LogP) is -0.00880. The summed E-state index contributed by atoms with van der Waals surface area (Å²) < 4.78 is 0. The maximum atomic E-state index is 12.4. The molecule has 0 bridgehead atoms. The standard InChI is InChI=1S/C13H15ClN4O2/c14-11-7-9(1-2-15-11)13(20)18-6-5-17-4-3-16-12(19)10(17)8-18/h1-2,7,10H,3-6,8H2,(H,16,19)/t10-/m0/s1. The van der Waals surface area contributed by atoms with Crippen LogP contribution in [0.1, 0.15) is 10.4 Å². The van der Waals surface area contributed by atoms with Gasteiger partial charge in [0.25, 0.3) is 5.91 Å². The summed E-state index contributed by atoms with van der Waals surface area (Å²) in [6.45, 7) is 3.30. The van der Waals surface area contributed by atoms with E-state index in [1.807, 2.05) is 0 Å². The first-order chi connectivity index (χ1) is 9.65. The molecule has 0 aromatic carbocycles. The van der Waals surface area contributed by atoms with Crippen LogP contribution in [0.5, 0.6) is 0 Å². The van der Waals surface area contributed by atoms with Crippen molar-refractivity contribution >= 4 is 23.4 Å². The van der Waals surface area contributed by atoms with Crippen LogP contribution in [0.2, 0.25) is 5.15 Å². The molecule has 0 aliphatic carbocycles. The summed E-state index contributed by atoms with van der Waals surface area (Å²) in [4.78, 5) is 32.0. The first kappa shape index (κ1) is 13.3. The Morgan fingerprint density at radius 3 is 3.05 bits per heavy atom.